The number of carbonyl (C=O) groups is 2. The van der Waals surface area contributed by atoms with Gasteiger partial charge in [-0.25, -0.2) is 0 Å². The van der Waals surface area contributed by atoms with Crippen molar-refractivity contribution in [3.05, 3.63) is 77.9 Å². The largest absolute Gasteiger partial charge is 0.507 e. The van der Waals surface area contributed by atoms with Crippen LogP contribution in [0.4, 0.5) is 0 Å². The molecule has 0 aliphatic carbocycles. The van der Waals surface area contributed by atoms with Gasteiger partial charge in [-0.05, 0) is 59.9 Å². The highest BCUT2D eigenvalue weighted by atomic mass is 16.5. The zero-order valence-electron chi connectivity index (χ0n) is 22.2. The van der Waals surface area contributed by atoms with Crippen molar-refractivity contribution < 1.29 is 19.4 Å². The molecule has 1 N–H and O–H groups in total. The predicted molar refractivity (Wildman–Crippen MR) is 149 cm³/mol. The summed E-state index contributed by atoms with van der Waals surface area (Å²) in [6, 6.07) is 21.1. The number of aromatic hydroxyl groups is 1. The van der Waals surface area contributed by atoms with Gasteiger partial charge < -0.3 is 9.84 Å². The fourth-order valence-electron chi connectivity index (χ4n) is 5.16. The molecule has 3 aromatic carbocycles. The maximum absolute atomic E-state index is 13.1. The number of hydrogen-bond donors (Lipinski definition) is 1. The summed E-state index contributed by atoms with van der Waals surface area (Å²) in [5.41, 5.74) is 3.72. The third-order valence-electron chi connectivity index (χ3n) is 7.03. The minimum absolute atomic E-state index is 0.110. The average molecular weight is 500 g/mol. The van der Waals surface area contributed by atoms with Crippen LogP contribution in [0.5, 0.6) is 5.75 Å². The Hall–Kier alpha value is -3.60. The molecule has 1 aromatic heterocycles. The molecule has 4 aromatic rings. The van der Waals surface area contributed by atoms with E-state index in [-0.39, 0.29) is 37.1 Å². The standard InChI is InChI=1S/C32H37NO4/c1-21(2)19-26(22(3)4)24-17-15-23(16-18-24)20-37-31(36)14-8-13-30(35)33-27-10-6-5-9-25(27)32-28(33)11-7-12-29(32)34/h5-7,9-12,15-18,21-22,26,34H,8,13-14,19-20H2,1-4H3. The van der Waals surface area contributed by atoms with E-state index < -0.39 is 0 Å². The normalized spacial score (nSPS) is 12.5. The van der Waals surface area contributed by atoms with E-state index in [0.29, 0.717) is 35.1 Å². The molecule has 1 heterocycles. The van der Waals surface area contributed by atoms with Crippen LogP contribution in [0, 0.1) is 11.8 Å². The molecule has 4 rings (SSSR count). The molecule has 0 spiro atoms. The first kappa shape index (κ1) is 26.5. The Morgan fingerprint density at radius 1 is 0.865 bits per heavy atom. The molecule has 5 heteroatoms. The van der Waals surface area contributed by atoms with Crippen molar-refractivity contribution in [3.63, 3.8) is 0 Å². The Labute approximate surface area is 219 Å². The maximum atomic E-state index is 13.1. The second-order valence-corrected chi connectivity index (χ2v) is 10.7. The highest BCUT2D eigenvalue weighted by molar-refractivity contribution is 6.15. The number of fused-ring (bicyclic) bond motifs is 3. The van der Waals surface area contributed by atoms with Crippen LogP contribution in [0.3, 0.4) is 0 Å². The van der Waals surface area contributed by atoms with Crippen LogP contribution < -0.4 is 0 Å². The summed E-state index contributed by atoms with van der Waals surface area (Å²) in [6.07, 6.45) is 1.94. The van der Waals surface area contributed by atoms with Crippen LogP contribution in [0.2, 0.25) is 0 Å². The first-order valence-electron chi connectivity index (χ1n) is 13.2. The van der Waals surface area contributed by atoms with Gasteiger partial charge in [0.15, 0.2) is 0 Å². The molecular formula is C32H37NO4. The van der Waals surface area contributed by atoms with Crippen molar-refractivity contribution in [2.45, 2.75) is 65.9 Å². The smallest absolute Gasteiger partial charge is 0.306 e. The Balaban J connectivity index is 1.32. The zero-order valence-corrected chi connectivity index (χ0v) is 22.2. The average Bonchev–Trinajstić information content (AvgIpc) is 3.22. The molecule has 0 aliphatic heterocycles. The Morgan fingerprint density at radius 3 is 2.27 bits per heavy atom. The van der Waals surface area contributed by atoms with E-state index in [4.69, 9.17) is 4.74 Å². The minimum Gasteiger partial charge on any atom is -0.507 e. The topological polar surface area (TPSA) is 68.5 Å². The molecule has 0 saturated heterocycles. The monoisotopic (exact) mass is 499 g/mol. The lowest BCUT2D eigenvalue weighted by molar-refractivity contribution is -0.145. The summed E-state index contributed by atoms with van der Waals surface area (Å²) in [5, 5.41) is 11.9. The number of nitrogens with zero attached hydrogens (tertiary/aromatic N) is 1. The number of phenolic OH excluding ortho intramolecular Hbond substituents is 1. The lowest BCUT2D eigenvalue weighted by Gasteiger charge is -2.23. The molecule has 0 radical (unpaired) electrons. The number of phenols is 1. The number of para-hydroxylation sites is 1. The number of aromatic nitrogens is 1. The molecule has 0 fully saturated rings. The molecule has 0 aliphatic rings. The fraction of sp³-hybridized carbons (Fsp3) is 0.375. The quantitative estimate of drug-likeness (QED) is 0.226. The van der Waals surface area contributed by atoms with Crippen LogP contribution in [0.1, 0.15) is 75.2 Å². The van der Waals surface area contributed by atoms with E-state index in [1.165, 1.54) is 5.56 Å². The molecule has 1 atom stereocenters. The van der Waals surface area contributed by atoms with Crippen LogP contribution in [-0.4, -0.2) is 21.6 Å². The number of esters is 1. The molecule has 37 heavy (non-hydrogen) atoms. The van der Waals surface area contributed by atoms with E-state index in [9.17, 15) is 14.7 Å². The van der Waals surface area contributed by atoms with Crippen molar-refractivity contribution in [1.29, 1.82) is 0 Å². The molecule has 0 amide bonds. The highest BCUT2D eigenvalue weighted by Crippen LogP contribution is 2.35. The van der Waals surface area contributed by atoms with Gasteiger partial charge in [-0.1, -0.05) is 76.2 Å². The third kappa shape index (κ3) is 6.04. The number of hydrogen-bond acceptors (Lipinski definition) is 4. The van der Waals surface area contributed by atoms with Crippen molar-refractivity contribution >= 4 is 33.7 Å². The summed E-state index contributed by atoms with van der Waals surface area (Å²) >= 11 is 0. The predicted octanol–water partition coefficient (Wildman–Crippen LogP) is 7.84. The lowest BCUT2D eigenvalue weighted by Crippen LogP contribution is -2.12. The van der Waals surface area contributed by atoms with Crippen molar-refractivity contribution in [3.8, 4) is 5.75 Å². The summed E-state index contributed by atoms with van der Waals surface area (Å²) < 4.78 is 7.12. The Bertz CT molecular complexity index is 1380. The molecule has 1 unspecified atom stereocenters. The maximum Gasteiger partial charge on any atom is 0.306 e. The van der Waals surface area contributed by atoms with Gasteiger partial charge in [0.05, 0.1) is 11.0 Å². The van der Waals surface area contributed by atoms with Gasteiger partial charge in [0.25, 0.3) is 0 Å². The van der Waals surface area contributed by atoms with Gasteiger partial charge in [0.1, 0.15) is 12.4 Å². The second kappa shape index (κ2) is 11.6. The molecule has 0 saturated carbocycles. The second-order valence-electron chi connectivity index (χ2n) is 10.7. The summed E-state index contributed by atoms with van der Waals surface area (Å²) in [4.78, 5) is 25.5. The van der Waals surface area contributed by atoms with Crippen LogP contribution in [0.15, 0.2) is 66.7 Å². The van der Waals surface area contributed by atoms with Gasteiger partial charge in [-0.2, -0.15) is 0 Å². The molecule has 0 bridgehead atoms. The highest BCUT2D eigenvalue weighted by Gasteiger charge is 2.19. The van der Waals surface area contributed by atoms with E-state index in [2.05, 4.69) is 39.8 Å². The number of benzene rings is 3. The van der Waals surface area contributed by atoms with Crippen molar-refractivity contribution in [2.75, 3.05) is 0 Å². The van der Waals surface area contributed by atoms with E-state index >= 15 is 0 Å². The number of carbonyl (C=O) groups excluding carboxylic acids is 2. The first-order chi connectivity index (χ1) is 17.8. The van der Waals surface area contributed by atoms with Gasteiger partial charge in [0.2, 0.25) is 5.91 Å². The van der Waals surface area contributed by atoms with Crippen LogP contribution >= 0.6 is 0 Å². The van der Waals surface area contributed by atoms with Gasteiger partial charge in [-0.15, -0.1) is 0 Å². The molecular weight excluding hydrogens is 462 g/mol. The zero-order chi connectivity index (χ0) is 26.5. The lowest BCUT2D eigenvalue weighted by atomic mass is 9.82. The third-order valence-corrected chi connectivity index (χ3v) is 7.03. The van der Waals surface area contributed by atoms with Crippen molar-refractivity contribution in [1.82, 2.24) is 4.57 Å². The number of rotatable bonds is 10. The van der Waals surface area contributed by atoms with Crippen molar-refractivity contribution in [2.24, 2.45) is 11.8 Å². The van der Waals surface area contributed by atoms with Gasteiger partial charge >= 0.3 is 5.97 Å². The molecule has 194 valence electrons. The first-order valence-corrected chi connectivity index (χ1v) is 13.2. The summed E-state index contributed by atoms with van der Waals surface area (Å²) in [6.45, 7) is 9.27. The Morgan fingerprint density at radius 2 is 1.57 bits per heavy atom. The van der Waals surface area contributed by atoms with Crippen LogP contribution in [0.25, 0.3) is 21.8 Å². The SMILES string of the molecule is CC(C)CC(c1ccc(COC(=O)CCCC(=O)n2c3ccccc3c3c(O)cccc32)cc1)C(C)C. The Kier molecular flexibility index (Phi) is 8.32. The van der Waals surface area contributed by atoms with E-state index in [1.54, 1.807) is 16.7 Å². The van der Waals surface area contributed by atoms with Crippen LogP contribution in [-0.2, 0) is 16.1 Å². The van der Waals surface area contributed by atoms with E-state index in [1.807, 2.05) is 42.5 Å². The van der Waals surface area contributed by atoms with E-state index in [0.717, 1.165) is 22.9 Å². The number of ether oxygens (including phenoxy) is 1. The summed E-state index contributed by atoms with van der Waals surface area (Å²) in [5.74, 6) is 1.46. The fourth-order valence-corrected chi connectivity index (χ4v) is 5.16. The molecule has 5 nitrogen and oxygen atoms in total. The van der Waals surface area contributed by atoms with Gasteiger partial charge in [-0.3, -0.25) is 14.2 Å². The van der Waals surface area contributed by atoms with Gasteiger partial charge in [0, 0.05) is 23.6 Å². The summed E-state index contributed by atoms with van der Waals surface area (Å²) in [7, 11) is 0. The minimum atomic E-state index is -0.309.